The molecular formula is C10H16O7Si. The normalized spacial score (nSPS) is 9.78. The van der Waals surface area contributed by atoms with E-state index >= 15 is 0 Å². The molecule has 0 aromatic rings. The average molecular weight is 276 g/mol. The molecule has 0 amide bonds. The van der Waals surface area contributed by atoms with Crippen molar-refractivity contribution < 1.29 is 32.4 Å². The third-order valence-corrected chi connectivity index (χ3v) is 3.00. The summed E-state index contributed by atoms with van der Waals surface area (Å²) >= 11 is 0. The van der Waals surface area contributed by atoms with Crippen LogP contribution < -0.4 is 0 Å². The Morgan fingerprint density at radius 3 is 1.89 bits per heavy atom. The second-order valence-corrected chi connectivity index (χ2v) is 4.68. The van der Waals surface area contributed by atoms with E-state index in [1.54, 1.807) is 0 Å². The van der Waals surface area contributed by atoms with Crippen molar-refractivity contribution in [3.63, 3.8) is 0 Å². The molecule has 0 N–H and O–H groups in total. The summed E-state index contributed by atoms with van der Waals surface area (Å²) in [6.45, 7) is 7.19. The first-order chi connectivity index (χ1) is 8.32. The molecule has 102 valence electrons. The third kappa shape index (κ3) is 8.48. The quantitative estimate of drug-likeness (QED) is 0.279. The Bertz CT molecular complexity index is 323. The summed E-state index contributed by atoms with van der Waals surface area (Å²) in [6.07, 6.45) is 0. The van der Waals surface area contributed by atoms with Crippen molar-refractivity contribution in [2.75, 3.05) is 13.2 Å². The van der Waals surface area contributed by atoms with E-state index in [1.165, 1.54) is 20.8 Å². The molecule has 0 heterocycles. The van der Waals surface area contributed by atoms with Crippen LogP contribution in [0.2, 0.25) is 0 Å². The predicted octanol–water partition coefficient (Wildman–Crippen LogP) is -0.0343. The van der Waals surface area contributed by atoms with E-state index in [1.807, 2.05) is 0 Å². The van der Waals surface area contributed by atoms with Crippen LogP contribution in [0, 0.1) is 0 Å². The summed E-state index contributed by atoms with van der Waals surface area (Å²) in [4.78, 5) is 32.4. The molecule has 0 saturated carbocycles. The van der Waals surface area contributed by atoms with Crippen LogP contribution in [0.3, 0.4) is 0 Å². The van der Waals surface area contributed by atoms with Crippen LogP contribution in [0.4, 0.5) is 0 Å². The Balaban J connectivity index is 3.96. The van der Waals surface area contributed by atoms with Crippen LogP contribution in [-0.4, -0.2) is 40.6 Å². The molecule has 0 saturated heterocycles. The SMILES string of the molecule is C=C(C)C(=O)OCCO[SiH](OC(C)=O)OC(C)=O. The van der Waals surface area contributed by atoms with Gasteiger partial charge in [0.15, 0.2) is 0 Å². The topological polar surface area (TPSA) is 88.1 Å². The molecule has 0 aliphatic rings. The Hall–Kier alpha value is -1.67. The summed E-state index contributed by atoms with van der Waals surface area (Å²) in [5, 5.41) is 0. The molecule has 18 heavy (non-hydrogen) atoms. The van der Waals surface area contributed by atoms with Gasteiger partial charge in [0, 0.05) is 19.4 Å². The summed E-state index contributed by atoms with van der Waals surface area (Å²) in [6, 6.07) is 0. The zero-order valence-electron chi connectivity index (χ0n) is 10.6. The van der Waals surface area contributed by atoms with E-state index < -0.39 is 27.4 Å². The number of esters is 1. The highest BCUT2D eigenvalue weighted by atomic mass is 28.3. The van der Waals surface area contributed by atoms with E-state index in [4.69, 9.17) is 18.0 Å². The van der Waals surface area contributed by atoms with Crippen LogP contribution >= 0.6 is 0 Å². The fourth-order valence-corrected chi connectivity index (χ4v) is 1.78. The van der Waals surface area contributed by atoms with Gasteiger partial charge >= 0.3 is 15.5 Å². The molecule has 0 aromatic heterocycles. The van der Waals surface area contributed by atoms with Crippen molar-refractivity contribution in [1.29, 1.82) is 0 Å². The monoisotopic (exact) mass is 276 g/mol. The first kappa shape index (κ1) is 16.3. The number of carbonyl (C=O) groups excluding carboxylic acids is 3. The van der Waals surface area contributed by atoms with Crippen LogP contribution in [-0.2, 0) is 32.4 Å². The molecule has 0 aliphatic heterocycles. The smallest absolute Gasteiger partial charge is 0.467 e. The lowest BCUT2D eigenvalue weighted by molar-refractivity contribution is -0.144. The average Bonchev–Trinajstić information content (AvgIpc) is 2.21. The number of rotatable bonds is 7. The minimum absolute atomic E-state index is 0.0313. The zero-order valence-corrected chi connectivity index (χ0v) is 11.7. The van der Waals surface area contributed by atoms with Crippen molar-refractivity contribution in [3.8, 4) is 0 Å². The lowest BCUT2D eigenvalue weighted by Gasteiger charge is -2.14. The Morgan fingerprint density at radius 2 is 1.50 bits per heavy atom. The summed E-state index contributed by atoms with van der Waals surface area (Å²) in [7, 11) is -2.85. The molecule has 7 nitrogen and oxygen atoms in total. The molecular weight excluding hydrogens is 260 g/mol. The van der Waals surface area contributed by atoms with Crippen molar-refractivity contribution >= 4 is 27.4 Å². The van der Waals surface area contributed by atoms with Gasteiger partial charge in [0.1, 0.15) is 6.61 Å². The first-order valence-corrected chi connectivity index (χ1v) is 6.53. The molecule has 0 bridgehead atoms. The summed E-state index contributed by atoms with van der Waals surface area (Å²) < 4.78 is 19.2. The van der Waals surface area contributed by atoms with Crippen LogP contribution in [0.5, 0.6) is 0 Å². The van der Waals surface area contributed by atoms with Gasteiger partial charge in [0.05, 0.1) is 6.61 Å². The van der Waals surface area contributed by atoms with E-state index in [0.29, 0.717) is 0 Å². The van der Waals surface area contributed by atoms with Crippen molar-refractivity contribution in [2.45, 2.75) is 20.8 Å². The molecule has 0 atom stereocenters. The highest BCUT2D eigenvalue weighted by molar-refractivity contribution is 6.41. The predicted molar refractivity (Wildman–Crippen MR) is 62.4 cm³/mol. The zero-order chi connectivity index (χ0) is 14.1. The number of hydrogen-bond acceptors (Lipinski definition) is 7. The van der Waals surface area contributed by atoms with E-state index in [9.17, 15) is 14.4 Å². The number of ether oxygens (including phenoxy) is 1. The van der Waals surface area contributed by atoms with E-state index in [0.717, 1.165) is 0 Å². The van der Waals surface area contributed by atoms with Gasteiger partial charge < -0.3 is 18.0 Å². The van der Waals surface area contributed by atoms with Gasteiger partial charge in [-0.25, -0.2) is 4.79 Å². The number of carbonyl (C=O) groups is 3. The molecule has 0 aromatic carbocycles. The molecule has 0 spiro atoms. The molecule has 0 radical (unpaired) electrons. The first-order valence-electron chi connectivity index (χ1n) is 5.11. The number of hydrogen-bond donors (Lipinski definition) is 0. The maximum atomic E-state index is 11.0. The molecule has 0 aliphatic carbocycles. The highest BCUT2D eigenvalue weighted by Crippen LogP contribution is 1.96. The Kier molecular flexibility index (Phi) is 7.64. The standard InChI is InChI=1S/C10H16O7Si/c1-7(2)10(13)14-5-6-15-18(16-8(3)11)17-9(4)12/h18H,1,5-6H2,2-4H3. The second kappa shape index (κ2) is 8.42. The molecule has 8 heteroatoms. The highest BCUT2D eigenvalue weighted by Gasteiger charge is 2.22. The van der Waals surface area contributed by atoms with Gasteiger partial charge in [-0.05, 0) is 6.92 Å². The summed E-state index contributed by atoms with van der Waals surface area (Å²) in [5.41, 5.74) is 0.267. The fourth-order valence-electron chi connectivity index (χ4n) is 0.765. The van der Waals surface area contributed by atoms with Gasteiger partial charge in [-0.3, -0.25) is 9.59 Å². The maximum absolute atomic E-state index is 11.0. The van der Waals surface area contributed by atoms with Gasteiger partial charge in [-0.1, -0.05) is 6.58 Å². The van der Waals surface area contributed by atoms with Crippen LogP contribution in [0.25, 0.3) is 0 Å². The van der Waals surface area contributed by atoms with E-state index in [-0.39, 0.29) is 18.8 Å². The minimum Gasteiger partial charge on any atom is -0.467 e. The van der Waals surface area contributed by atoms with Gasteiger partial charge in [0.2, 0.25) is 0 Å². The summed E-state index contributed by atoms with van der Waals surface area (Å²) in [5.74, 6) is -1.75. The molecule has 0 unspecified atom stereocenters. The van der Waals surface area contributed by atoms with E-state index in [2.05, 4.69) is 6.58 Å². The lowest BCUT2D eigenvalue weighted by Crippen LogP contribution is -2.32. The maximum Gasteiger partial charge on any atom is 0.619 e. The largest absolute Gasteiger partial charge is 0.619 e. The Morgan fingerprint density at radius 1 is 1.00 bits per heavy atom. The molecule has 0 rings (SSSR count). The lowest BCUT2D eigenvalue weighted by atomic mass is 10.4. The van der Waals surface area contributed by atoms with Gasteiger partial charge in [0.25, 0.3) is 11.9 Å². The van der Waals surface area contributed by atoms with Crippen LogP contribution in [0.1, 0.15) is 20.8 Å². The minimum atomic E-state index is -2.85. The van der Waals surface area contributed by atoms with Gasteiger partial charge in [-0.2, -0.15) is 0 Å². The van der Waals surface area contributed by atoms with Crippen LogP contribution in [0.15, 0.2) is 12.2 Å². The van der Waals surface area contributed by atoms with Crippen molar-refractivity contribution in [2.24, 2.45) is 0 Å². The van der Waals surface area contributed by atoms with Crippen molar-refractivity contribution in [3.05, 3.63) is 12.2 Å². The second-order valence-electron chi connectivity index (χ2n) is 3.29. The third-order valence-electron chi connectivity index (χ3n) is 1.44. The Labute approximate surface area is 107 Å². The van der Waals surface area contributed by atoms with Crippen molar-refractivity contribution in [1.82, 2.24) is 0 Å². The molecule has 0 fully saturated rings. The fraction of sp³-hybridized carbons (Fsp3) is 0.500. The van der Waals surface area contributed by atoms with Gasteiger partial charge in [-0.15, -0.1) is 0 Å².